The molecule has 0 unspecified atom stereocenters. The molecule has 0 bridgehead atoms. The van der Waals surface area contributed by atoms with Crippen LogP contribution in [-0.4, -0.2) is 78.3 Å². The van der Waals surface area contributed by atoms with Crippen LogP contribution < -0.4 is 0 Å². The molecule has 1 rings (SSSR count). The first-order valence-electron chi connectivity index (χ1n) is 6.74. The number of rotatable bonds is 4. The molecule has 0 aromatic rings. The van der Waals surface area contributed by atoms with Crippen molar-refractivity contribution in [3.05, 3.63) is 0 Å². The average molecular weight is 313 g/mol. The minimum Gasteiger partial charge on any atom is -0.334 e. The van der Waals surface area contributed by atoms with E-state index in [1.807, 2.05) is 13.8 Å². The van der Waals surface area contributed by atoms with E-state index in [1.54, 1.807) is 4.90 Å². The molecule has 1 saturated heterocycles. The fraction of sp³-hybridized carbons (Fsp3) is 0.833. The number of carbonyl (C=O) groups is 2. The van der Waals surface area contributed by atoms with Gasteiger partial charge in [-0.3, -0.25) is 4.79 Å². The number of carbonyl (C=O) groups excluding carboxylic acids is 2. The Morgan fingerprint density at radius 3 is 1.86 bits per heavy atom. The van der Waals surface area contributed by atoms with Gasteiger partial charge in [-0.2, -0.15) is 8.78 Å². The van der Waals surface area contributed by atoms with E-state index >= 15 is 0 Å². The molecular weight excluding hydrogens is 294 g/mol. The SMILES string of the molecule is CCN(CC)C(=O)N1CCN(C(=O)C(F)(F)C(F)F)CC1. The molecule has 5 nitrogen and oxygen atoms in total. The van der Waals surface area contributed by atoms with Gasteiger partial charge in [0.1, 0.15) is 0 Å². The monoisotopic (exact) mass is 313 g/mol. The van der Waals surface area contributed by atoms with Crippen molar-refractivity contribution >= 4 is 11.9 Å². The lowest BCUT2D eigenvalue weighted by Crippen LogP contribution is -2.57. The summed E-state index contributed by atoms with van der Waals surface area (Å²) in [7, 11) is 0. The van der Waals surface area contributed by atoms with Crippen molar-refractivity contribution in [3.63, 3.8) is 0 Å². The zero-order valence-electron chi connectivity index (χ0n) is 12.0. The second kappa shape index (κ2) is 6.95. The maximum atomic E-state index is 13.0. The molecule has 122 valence electrons. The third-order valence-electron chi connectivity index (χ3n) is 3.43. The summed E-state index contributed by atoms with van der Waals surface area (Å²) in [6.07, 6.45) is -4.03. The van der Waals surface area contributed by atoms with Crippen molar-refractivity contribution in [2.24, 2.45) is 0 Å². The Balaban J connectivity index is 2.60. The Kier molecular flexibility index (Phi) is 5.79. The number of nitrogens with zero attached hydrogens (tertiary/aromatic N) is 3. The van der Waals surface area contributed by atoms with Gasteiger partial charge in [0.2, 0.25) is 0 Å². The second-order valence-corrected chi connectivity index (χ2v) is 4.66. The largest absolute Gasteiger partial charge is 0.383 e. The molecule has 1 fully saturated rings. The van der Waals surface area contributed by atoms with Gasteiger partial charge >= 0.3 is 18.4 Å². The molecule has 0 radical (unpaired) electrons. The molecule has 0 aliphatic carbocycles. The predicted octanol–water partition coefficient (Wildman–Crippen LogP) is 1.49. The molecule has 1 aliphatic heterocycles. The van der Waals surface area contributed by atoms with Crippen LogP contribution in [0.1, 0.15) is 13.8 Å². The van der Waals surface area contributed by atoms with Crippen LogP contribution in [0.5, 0.6) is 0 Å². The van der Waals surface area contributed by atoms with Gasteiger partial charge < -0.3 is 14.7 Å². The van der Waals surface area contributed by atoms with Crippen molar-refractivity contribution in [1.29, 1.82) is 0 Å². The Labute approximate surface area is 120 Å². The minimum atomic E-state index is -4.68. The topological polar surface area (TPSA) is 43.9 Å². The second-order valence-electron chi connectivity index (χ2n) is 4.66. The van der Waals surface area contributed by atoms with Crippen LogP contribution in [0.15, 0.2) is 0 Å². The summed E-state index contributed by atoms with van der Waals surface area (Å²) in [5.41, 5.74) is 0. The molecule has 0 saturated carbocycles. The third kappa shape index (κ3) is 3.76. The Bertz CT molecular complexity index is 381. The number of piperazine rings is 1. The molecule has 1 aliphatic rings. The molecule has 0 aromatic carbocycles. The van der Waals surface area contributed by atoms with Gasteiger partial charge in [-0.15, -0.1) is 0 Å². The number of halogens is 4. The Hall–Kier alpha value is -1.54. The summed E-state index contributed by atoms with van der Waals surface area (Å²) in [6.45, 7) is 4.41. The quantitative estimate of drug-likeness (QED) is 0.738. The van der Waals surface area contributed by atoms with Crippen molar-refractivity contribution < 1.29 is 27.2 Å². The van der Waals surface area contributed by atoms with E-state index in [9.17, 15) is 27.2 Å². The molecule has 0 spiro atoms. The van der Waals surface area contributed by atoms with Crippen LogP contribution in [-0.2, 0) is 4.79 Å². The van der Waals surface area contributed by atoms with Crippen LogP contribution in [0, 0.1) is 0 Å². The lowest BCUT2D eigenvalue weighted by Gasteiger charge is -2.38. The van der Waals surface area contributed by atoms with Crippen LogP contribution in [0.2, 0.25) is 0 Å². The summed E-state index contributed by atoms with van der Waals surface area (Å²) in [5, 5.41) is 0. The van der Waals surface area contributed by atoms with E-state index in [2.05, 4.69) is 0 Å². The third-order valence-corrected chi connectivity index (χ3v) is 3.43. The van der Waals surface area contributed by atoms with Crippen LogP contribution in [0.25, 0.3) is 0 Å². The molecule has 0 atom stereocenters. The molecule has 21 heavy (non-hydrogen) atoms. The van der Waals surface area contributed by atoms with Gasteiger partial charge in [-0.1, -0.05) is 0 Å². The van der Waals surface area contributed by atoms with Gasteiger partial charge in [0.15, 0.2) is 0 Å². The number of urea groups is 1. The first-order valence-corrected chi connectivity index (χ1v) is 6.74. The maximum Gasteiger partial charge on any atom is 0.383 e. The molecular formula is C12H19F4N3O2. The van der Waals surface area contributed by atoms with Gasteiger partial charge in [0, 0.05) is 39.3 Å². The van der Waals surface area contributed by atoms with Crippen molar-refractivity contribution in [3.8, 4) is 0 Å². The van der Waals surface area contributed by atoms with Crippen molar-refractivity contribution in [1.82, 2.24) is 14.7 Å². The Morgan fingerprint density at radius 2 is 1.48 bits per heavy atom. The van der Waals surface area contributed by atoms with E-state index in [1.165, 1.54) is 4.90 Å². The molecule has 1 heterocycles. The van der Waals surface area contributed by atoms with Gasteiger partial charge in [-0.25, -0.2) is 13.6 Å². The zero-order chi connectivity index (χ0) is 16.2. The lowest BCUT2D eigenvalue weighted by molar-refractivity contribution is -0.181. The first-order chi connectivity index (χ1) is 9.75. The smallest absolute Gasteiger partial charge is 0.334 e. The van der Waals surface area contributed by atoms with E-state index in [4.69, 9.17) is 0 Å². The van der Waals surface area contributed by atoms with Crippen LogP contribution in [0.4, 0.5) is 22.4 Å². The molecule has 3 amide bonds. The summed E-state index contributed by atoms with van der Waals surface area (Å²) >= 11 is 0. The lowest BCUT2D eigenvalue weighted by atomic mass is 10.2. The summed E-state index contributed by atoms with van der Waals surface area (Å²) < 4.78 is 50.3. The van der Waals surface area contributed by atoms with Gasteiger partial charge in [0.25, 0.3) is 5.91 Å². The van der Waals surface area contributed by atoms with E-state index in [0.717, 1.165) is 0 Å². The van der Waals surface area contributed by atoms with E-state index < -0.39 is 18.3 Å². The van der Waals surface area contributed by atoms with Crippen LogP contribution >= 0.6 is 0 Å². The number of hydrogen-bond acceptors (Lipinski definition) is 2. The van der Waals surface area contributed by atoms with E-state index in [-0.39, 0.29) is 32.2 Å². The summed E-state index contributed by atoms with van der Waals surface area (Å²) in [6, 6.07) is -0.243. The first kappa shape index (κ1) is 17.5. The molecule has 0 aromatic heterocycles. The van der Waals surface area contributed by atoms with Crippen LogP contribution in [0.3, 0.4) is 0 Å². The zero-order valence-corrected chi connectivity index (χ0v) is 12.0. The number of alkyl halides is 4. The highest BCUT2D eigenvalue weighted by Gasteiger charge is 2.51. The number of hydrogen-bond donors (Lipinski definition) is 0. The summed E-state index contributed by atoms with van der Waals surface area (Å²) in [5.74, 6) is -6.56. The minimum absolute atomic E-state index is 0.0559. The average Bonchev–Trinajstić information content (AvgIpc) is 2.47. The molecule has 0 N–H and O–H groups in total. The Morgan fingerprint density at radius 1 is 1.05 bits per heavy atom. The maximum absolute atomic E-state index is 13.0. The van der Waals surface area contributed by atoms with Crippen molar-refractivity contribution in [2.75, 3.05) is 39.3 Å². The predicted molar refractivity (Wildman–Crippen MR) is 67.4 cm³/mol. The van der Waals surface area contributed by atoms with E-state index in [0.29, 0.717) is 18.0 Å². The summed E-state index contributed by atoms with van der Waals surface area (Å²) in [4.78, 5) is 27.1. The normalized spacial score (nSPS) is 16.3. The fourth-order valence-corrected chi connectivity index (χ4v) is 2.10. The highest BCUT2D eigenvalue weighted by molar-refractivity contribution is 5.84. The highest BCUT2D eigenvalue weighted by atomic mass is 19.3. The fourth-order valence-electron chi connectivity index (χ4n) is 2.10. The standard InChI is InChI=1S/C12H19F4N3O2/c1-3-17(4-2)11(21)19-7-5-18(6-8-19)10(20)12(15,16)9(13)14/h9H,3-8H2,1-2H3. The highest BCUT2D eigenvalue weighted by Crippen LogP contribution is 2.26. The van der Waals surface area contributed by atoms with Gasteiger partial charge in [-0.05, 0) is 13.8 Å². The number of amides is 3. The van der Waals surface area contributed by atoms with Gasteiger partial charge in [0.05, 0.1) is 0 Å². The van der Waals surface area contributed by atoms with Crippen molar-refractivity contribution in [2.45, 2.75) is 26.2 Å². The molecule has 9 heteroatoms.